The van der Waals surface area contributed by atoms with Gasteiger partial charge in [-0.05, 0) is 30.3 Å². The van der Waals surface area contributed by atoms with E-state index < -0.39 is 0 Å². The van der Waals surface area contributed by atoms with Gasteiger partial charge in [-0.15, -0.1) is 0 Å². The SMILES string of the molecule is O=C(Nc1ccc(-c2cnco2)cc1)c1ccncc1Cl. The van der Waals surface area contributed by atoms with E-state index in [1.807, 2.05) is 12.1 Å². The van der Waals surface area contributed by atoms with Crippen LogP contribution in [0.25, 0.3) is 11.3 Å². The maximum Gasteiger partial charge on any atom is 0.257 e. The number of anilines is 1. The summed E-state index contributed by atoms with van der Waals surface area (Å²) in [7, 11) is 0. The largest absolute Gasteiger partial charge is 0.444 e. The first-order valence-electron chi connectivity index (χ1n) is 6.14. The number of halogens is 1. The van der Waals surface area contributed by atoms with E-state index in [9.17, 15) is 4.79 Å². The lowest BCUT2D eigenvalue weighted by Gasteiger charge is -2.06. The fraction of sp³-hybridized carbons (Fsp3) is 0. The van der Waals surface area contributed by atoms with Crippen molar-refractivity contribution in [3.05, 3.63) is 65.9 Å². The van der Waals surface area contributed by atoms with Crippen LogP contribution in [-0.4, -0.2) is 15.9 Å². The maximum atomic E-state index is 12.1. The number of benzene rings is 1. The van der Waals surface area contributed by atoms with E-state index in [0.29, 0.717) is 22.0 Å². The van der Waals surface area contributed by atoms with Crippen LogP contribution in [0, 0.1) is 0 Å². The Balaban J connectivity index is 1.77. The summed E-state index contributed by atoms with van der Waals surface area (Å²) in [4.78, 5) is 19.8. The van der Waals surface area contributed by atoms with E-state index in [1.54, 1.807) is 24.4 Å². The zero-order chi connectivity index (χ0) is 14.7. The number of pyridine rings is 1. The molecule has 1 N–H and O–H groups in total. The molecular formula is C15H10ClN3O2. The van der Waals surface area contributed by atoms with Gasteiger partial charge in [0, 0.05) is 23.6 Å². The first-order valence-corrected chi connectivity index (χ1v) is 6.51. The van der Waals surface area contributed by atoms with Gasteiger partial charge in [-0.25, -0.2) is 4.98 Å². The molecule has 3 rings (SSSR count). The Kier molecular flexibility index (Phi) is 3.66. The molecule has 5 nitrogen and oxygen atoms in total. The Labute approximate surface area is 125 Å². The Morgan fingerprint density at radius 2 is 1.90 bits per heavy atom. The molecule has 0 aliphatic heterocycles. The molecular weight excluding hydrogens is 290 g/mol. The number of carbonyl (C=O) groups excluding carboxylic acids is 1. The lowest BCUT2D eigenvalue weighted by atomic mass is 10.1. The summed E-state index contributed by atoms with van der Waals surface area (Å²) < 4.78 is 5.20. The van der Waals surface area contributed by atoms with Crippen LogP contribution in [0.3, 0.4) is 0 Å². The van der Waals surface area contributed by atoms with Crippen LogP contribution >= 0.6 is 11.6 Å². The summed E-state index contributed by atoms with van der Waals surface area (Å²) in [6, 6.07) is 8.81. The summed E-state index contributed by atoms with van der Waals surface area (Å²) in [5.41, 5.74) is 1.93. The zero-order valence-electron chi connectivity index (χ0n) is 10.8. The Bertz CT molecular complexity index is 755. The summed E-state index contributed by atoms with van der Waals surface area (Å²) in [5, 5.41) is 3.09. The molecule has 0 aliphatic carbocycles. The molecule has 0 unspecified atom stereocenters. The van der Waals surface area contributed by atoms with E-state index >= 15 is 0 Å². The molecule has 0 radical (unpaired) electrons. The molecule has 1 aromatic carbocycles. The maximum absolute atomic E-state index is 12.1. The van der Waals surface area contributed by atoms with Crippen molar-refractivity contribution in [1.82, 2.24) is 9.97 Å². The molecule has 0 fully saturated rings. The minimum Gasteiger partial charge on any atom is -0.444 e. The number of nitrogens with zero attached hydrogens (tertiary/aromatic N) is 2. The zero-order valence-corrected chi connectivity index (χ0v) is 11.5. The average molecular weight is 300 g/mol. The van der Waals surface area contributed by atoms with Crippen molar-refractivity contribution in [2.45, 2.75) is 0 Å². The molecule has 0 bridgehead atoms. The third-order valence-corrected chi connectivity index (χ3v) is 3.18. The van der Waals surface area contributed by atoms with Crippen molar-refractivity contribution in [3.8, 4) is 11.3 Å². The normalized spacial score (nSPS) is 10.3. The van der Waals surface area contributed by atoms with Crippen LogP contribution in [0.1, 0.15) is 10.4 Å². The monoisotopic (exact) mass is 299 g/mol. The smallest absolute Gasteiger partial charge is 0.257 e. The third kappa shape index (κ3) is 2.93. The first kappa shape index (κ1) is 13.3. The number of aromatic nitrogens is 2. The van der Waals surface area contributed by atoms with Gasteiger partial charge in [0.2, 0.25) is 0 Å². The van der Waals surface area contributed by atoms with Crippen molar-refractivity contribution in [1.29, 1.82) is 0 Å². The van der Waals surface area contributed by atoms with Crippen molar-refractivity contribution in [2.24, 2.45) is 0 Å². The van der Waals surface area contributed by atoms with Gasteiger partial charge in [0.25, 0.3) is 5.91 Å². The van der Waals surface area contributed by atoms with E-state index in [-0.39, 0.29) is 5.91 Å². The Morgan fingerprint density at radius 3 is 2.57 bits per heavy atom. The second kappa shape index (κ2) is 5.76. The first-order chi connectivity index (χ1) is 10.2. The van der Waals surface area contributed by atoms with Gasteiger partial charge in [0.15, 0.2) is 12.2 Å². The van der Waals surface area contributed by atoms with Gasteiger partial charge in [0.1, 0.15) is 0 Å². The van der Waals surface area contributed by atoms with Crippen LogP contribution in [-0.2, 0) is 0 Å². The number of oxazole rings is 1. The Hall–Kier alpha value is -2.66. The molecule has 0 saturated carbocycles. The fourth-order valence-electron chi connectivity index (χ4n) is 1.83. The molecule has 2 aromatic heterocycles. The number of amides is 1. The molecule has 1 amide bonds. The van der Waals surface area contributed by atoms with Crippen molar-refractivity contribution in [3.63, 3.8) is 0 Å². The van der Waals surface area contributed by atoms with Gasteiger partial charge in [-0.3, -0.25) is 9.78 Å². The molecule has 0 saturated heterocycles. The summed E-state index contributed by atoms with van der Waals surface area (Å²) >= 11 is 5.94. The molecule has 0 spiro atoms. The number of hydrogen-bond donors (Lipinski definition) is 1. The highest BCUT2D eigenvalue weighted by Crippen LogP contribution is 2.21. The van der Waals surface area contributed by atoms with Crippen LogP contribution in [0.2, 0.25) is 5.02 Å². The van der Waals surface area contributed by atoms with Gasteiger partial charge in [-0.1, -0.05) is 11.6 Å². The summed E-state index contributed by atoms with van der Waals surface area (Å²) in [6.45, 7) is 0. The van der Waals surface area contributed by atoms with Gasteiger partial charge < -0.3 is 9.73 Å². The van der Waals surface area contributed by atoms with Crippen LogP contribution in [0.15, 0.2) is 59.7 Å². The van der Waals surface area contributed by atoms with Crippen molar-refractivity contribution < 1.29 is 9.21 Å². The van der Waals surface area contributed by atoms with E-state index in [2.05, 4.69) is 15.3 Å². The van der Waals surface area contributed by atoms with Crippen LogP contribution in [0.5, 0.6) is 0 Å². The molecule has 21 heavy (non-hydrogen) atoms. The van der Waals surface area contributed by atoms with Crippen LogP contribution < -0.4 is 5.32 Å². The molecule has 6 heteroatoms. The van der Waals surface area contributed by atoms with E-state index in [1.165, 1.54) is 18.8 Å². The predicted molar refractivity (Wildman–Crippen MR) is 79.1 cm³/mol. The standard InChI is InChI=1S/C15H10ClN3O2/c16-13-7-17-6-5-12(13)15(20)19-11-3-1-10(2-4-11)14-8-18-9-21-14/h1-9H,(H,19,20). The average Bonchev–Trinajstić information content (AvgIpc) is 3.02. The minimum atomic E-state index is -0.283. The van der Waals surface area contributed by atoms with Gasteiger partial charge in [0.05, 0.1) is 16.8 Å². The number of rotatable bonds is 3. The third-order valence-electron chi connectivity index (χ3n) is 2.88. The van der Waals surface area contributed by atoms with Gasteiger partial charge in [-0.2, -0.15) is 0 Å². The highest BCUT2D eigenvalue weighted by Gasteiger charge is 2.10. The highest BCUT2D eigenvalue weighted by molar-refractivity contribution is 6.34. The molecule has 0 atom stereocenters. The summed E-state index contributed by atoms with van der Waals surface area (Å²) in [6.07, 6.45) is 5.96. The number of nitrogens with one attached hydrogen (secondary N) is 1. The molecule has 3 aromatic rings. The minimum absolute atomic E-state index is 0.283. The summed E-state index contributed by atoms with van der Waals surface area (Å²) in [5.74, 6) is 0.389. The fourth-order valence-corrected chi connectivity index (χ4v) is 2.04. The van der Waals surface area contributed by atoms with Crippen molar-refractivity contribution >= 4 is 23.2 Å². The predicted octanol–water partition coefficient (Wildman–Crippen LogP) is 3.64. The number of carbonyl (C=O) groups is 1. The lowest BCUT2D eigenvalue weighted by molar-refractivity contribution is 0.102. The van der Waals surface area contributed by atoms with E-state index in [0.717, 1.165) is 5.56 Å². The van der Waals surface area contributed by atoms with Gasteiger partial charge >= 0.3 is 0 Å². The highest BCUT2D eigenvalue weighted by atomic mass is 35.5. The second-order valence-electron chi connectivity index (χ2n) is 4.25. The van der Waals surface area contributed by atoms with Crippen LogP contribution in [0.4, 0.5) is 5.69 Å². The Morgan fingerprint density at radius 1 is 1.10 bits per heavy atom. The quantitative estimate of drug-likeness (QED) is 0.801. The molecule has 104 valence electrons. The molecule has 0 aliphatic rings. The van der Waals surface area contributed by atoms with E-state index in [4.69, 9.17) is 16.0 Å². The lowest BCUT2D eigenvalue weighted by Crippen LogP contribution is -2.12. The van der Waals surface area contributed by atoms with Crippen molar-refractivity contribution in [2.75, 3.05) is 5.32 Å². The second-order valence-corrected chi connectivity index (χ2v) is 4.66. The topological polar surface area (TPSA) is 68.0 Å². The molecule has 2 heterocycles. The number of hydrogen-bond acceptors (Lipinski definition) is 4.